The third kappa shape index (κ3) is 4.15. The molecule has 0 N–H and O–H groups in total. The second-order valence-corrected chi connectivity index (χ2v) is 9.23. The number of carbonyl (C=O) groups excluding carboxylic acids is 1. The number of hydrogen-bond acceptors (Lipinski definition) is 5. The van der Waals surface area contributed by atoms with Crippen LogP contribution in [0.5, 0.6) is 0 Å². The Labute approximate surface area is 181 Å². The van der Waals surface area contributed by atoms with Gasteiger partial charge in [0.15, 0.2) is 10.7 Å². The molecule has 2 aliphatic heterocycles. The van der Waals surface area contributed by atoms with Crippen molar-refractivity contribution >= 4 is 22.2 Å². The molecule has 2 fully saturated rings. The minimum atomic E-state index is 0.114. The second kappa shape index (κ2) is 8.88. The van der Waals surface area contributed by atoms with Gasteiger partial charge in [-0.15, -0.1) is 11.3 Å². The summed E-state index contributed by atoms with van der Waals surface area (Å²) in [5.74, 6) is 0.114. The Hall–Kier alpha value is -2.22. The molecule has 0 aliphatic carbocycles. The Bertz CT molecular complexity index is 984. The zero-order chi connectivity index (χ0) is 20.3. The number of fused-ring (bicyclic) bond motifs is 1. The van der Waals surface area contributed by atoms with Crippen molar-refractivity contribution < 1.29 is 4.79 Å². The van der Waals surface area contributed by atoms with Crippen LogP contribution in [0.25, 0.3) is 4.96 Å². The molecule has 2 aromatic heterocycles. The number of imidazole rings is 1. The Morgan fingerprint density at radius 1 is 0.900 bits per heavy atom. The molecule has 0 saturated carbocycles. The van der Waals surface area contributed by atoms with Gasteiger partial charge in [0.05, 0.1) is 5.69 Å². The zero-order valence-electron chi connectivity index (χ0n) is 17.4. The summed E-state index contributed by atoms with van der Waals surface area (Å²) >= 11 is 1.60. The summed E-state index contributed by atoms with van der Waals surface area (Å²) < 4.78 is 2.12. The van der Waals surface area contributed by atoms with Gasteiger partial charge in [0.1, 0.15) is 0 Å². The van der Waals surface area contributed by atoms with E-state index in [0.717, 1.165) is 75.9 Å². The zero-order valence-corrected chi connectivity index (χ0v) is 18.2. The normalized spacial score (nSPS) is 18.9. The van der Waals surface area contributed by atoms with Crippen LogP contribution in [0.4, 0.5) is 0 Å². The summed E-state index contributed by atoms with van der Waals surface area (Å²) in [5.41, 5.74) is 3.09. The van der Waals surface area contributed by atoms with Gasteiger partial charge < -0.3 is 4.90 Å². The quantitative estimate of drug-likeness (QED) is 0.631. The molecule has 6 nitrogen and oxygen atoms in total. The SMILES string of the molecule is O=C(c1nc2sccn2c1CN1CCN(Cc2ccccc2)CC1)N1CCCCC1. The van der Waals surface area contributed by atoms with Crippen molar-refractivity contribution in [2.24, 2.45) is 0 Å². The predicted octanol–water partition coefficient (Wildman–Crippen LogP) is 3.34. The lowest BCUT2D eigenvalue weighted by Gasteiger charge is -2.34. The smallest absolute Gasteiger partial charge is 0.274 e. The second-order valence-electron chi connectivity index (χ2n) is 8.35. The van der Waals surface area contributed by atoms with Crippen molar-refractivity contribution in [3.05, 3.63) is 58.9 Å². The highest BCUT2D eigenvalue weighted by Crippen LogP contribution is 2.23. The molecule has 5 rings (SSSR count). The van der Waals surface area contributed by atoms with Crippen molar-refractivity contribution in [3.63, 3.8) is 0 Å². The van der Waals surface area contributed by atoms with E-state index in [4.69, 9.17) is 4.98 Å². The third-order valence-corrected chi connectivity index (χ3v) is 7.05. The van der Waals surface area contributed by atoms with Crippen LogP contribution < -0.4 is 0 Å². The highest BCUT2D eigenvalue weighted by molar-refractivity contribution is 7.15. The molecule has 1 aromatic carbocycles. The largest absolute Gasteiger partial charge is 0.337 e. The summed E-state index contributed by atoms with van der Waals surface area (Å²) in [6.45, 7) is 7.65. The average Bonchev–Trinajstić information content (AvgIpc) is 3.38. The molecule has 7 heteroatoms. The lowest BCUT2D eigenvalue weighted by Crippen LogP contribution is -2.45. The van der Waals surface area contributed by atoms with Crippen LogP contribution in [0.2, 0.25) is 0 Å². The molecule has 158 valence electrons. The molecule has 1 amide bonds. The van der Waals surface area contributed by atoms with Gasteiger partial charge in [0.25, 0.3) is 5.91 Å². The highest BCUT2D eigenvalue weighted by Gasteiger charge is 2.27. The number of thiazole rings is 1. The van der Waals surface area contributed by atoms with E-state index in [9.17, 15) is 4.79 Å². The van der Waals surface area contributed by atoms with Gasteiger partial charge in [-0.1, -0.05) is 30.3 Å². The predicted molar refractivity (Wildman–Crippen MR) is 120 cm³/mol. The summed E-state index contributed by atoms with van der Waals surface area (Å²) in [4.78, 5) is 25.9. The topological polar surface area (TPSA) is 44.1 Å². The van der Waals surface area contributed by atoms with E-state index in [1.165, 1.54) is 12.0 Å². The molecule has 0 atom stereocenters. The molecule has 30 heavy (non-hydrogen) atoms. The maximum Gasteiger partial charge on any atom is 0.274 e. The van der Waals surface area contributed by atoms with Crippen LogP contribution in [-0.4, -0.2) is 69.3 Å². The fourth-order valence-corrected chi connectivity index (χ4v) is 5.29. The fourth-order valence-electron chi connectivity index (χ4n) is 4.56. The molecule has 3 aromatic rings. The van der Waals surface area contributed by atoms with Crippen LogP contribution in [0.1, 0.15) is 41.0 Å². The van der Waals surface area contributed by atoms with Crippen LogP contribution in [0, 0.1) is 0 Å². The van der Waals surface area contributed by atoms with Gasteiger partial charge in [-0.25, -0.2) is 4.98 Å². The maximum absolute atomic E-state index is 13.2. The molecular formula is C23H29N5OS. The number of benzene rings is 1. The summed E-state index contributed by atoms with van der Waals surface area (Å²) in [5, 5.41) is 2.05. The number of hydrogen-bond donors (Lipinski definition) is 0. The standard InChI is InChI=1S/C23H29N5OS/c29-22(27-9-5-2-6-10-27)21-20(28-15-16-30-23(28)24-21)18-26-13-11-25(12-14-26)17-19-7-3-1-4-8-19/h1,3-4,7-8,15-16H,2,5-6,9-14,17-18H2. The summed E-state index contributed by atoms with van der Waals surface area (Å²) in [6.07, 6.45) is 5.49. The van der Waals surface area contributed by atoms with E-state index in [0.29, 0.717) is 5.69 Å². The van der Waals surface area contributed by atoms with E-state index >= 15 is 0 Å². The van der Waals surface area contributed by atoms with E-state index < -0.39 is 0 Å². The lowest BCUT2D eigenvalue weighted by atomic mass is 10.1. The van der Waals surface area contributed by atoms with Crippen LogP contribution >= 0.6 is 11.3 Å². The number of likely N-dealkylation sites (tertiary alicyclic amines) is 1. The van der Waals surface area contributed by atoms with Gasteiger partial charge in [-0.3, -0.25) is 19.0 Å². The first-order valence-corrected chi connectivity index (χ1v) is 11.9. The molecular weight excluding hydrogens is 394 g/mol. The average molecular weight is 424 g/mol. The number of piperidine rings is 1. The number of aromatic nitrogens is 2. The number of piperazine rings is 1. The fraction of sp³-hybridized carbons (Fsp3) is 0.478. The van der Waals surface area contributed by atoms with Gasteiger partial charge >= 0.3 is 0 Å². The first-order valence-electron chi connectivity index (χ1n) is 11.0. The minimum absolute atomic E-state index is 0.114. The van der Waals surface area contributed by atoms with Crippen molar-refractivity contribution in [2.45, 2.75) is 32.4 Å². The van der Waals surface area contributed by atoms with Crippen LogP contribution in [-0.2, 0) is 13.1 Å². The van der Waals surface area contributed by atoms with Crippen molar-refractivity contribution in [2.75, 3.05) is 39.3 Å². The van der Waals surface area contributed by atoms with Gasteiger partial charge in [0.2, 0.25) is 0 Å². The minimum Gasteiger partial charge on any atom is -0.337 e. The maximum atomic E-state index is 13.2. The monoisotopic (exact) mass is 423 g/mol. The molecule has 0 spiro atoms. The van der Waals surface area contributed by atoms with Gasteiger partial charge in [-0.2, -0.15) is 0 Å². The van der Waals surface area contributed by atoms with E-state index in [-0.39, 0.29) is 5.91 Å². The summed E-state index contributed by atoms with van der Waals surface area (Å²) in [7, 11) is 0. The lowest BCUT2D eigenvalue weighted by molar-refractivity contribution is 0.0714. The molecule has 0 radical (unpaired) electrons. The molecule has 2 saturated heterocycles. The number of rotatable bonds is 5. The van der Waals surface area contributed by atoms with E-state index in [1.807, 2.05) is 4.90 Å². The Morgan fingerprint density at radius 3 is 2.33 bits per heavy atom. The van der Waals surface area contributed by atoms with Gasteiger partial charge in [-0.05, 0) is 24.8 Å². The first-order chi connectivity index (χ1) is 14.8. The van der Waals surface area contributed by atoms with E-state index in [2.05, 4.69) is 56.1 Å². The Kier molecular flexibility index (Phi) is 5.84. The van der Waals surface area contributed by atoms with Crippen LogP contribution in [0.3, 0.4) is 0 Å². The van der Waals surface area contributed by atoms with Crippen molar-refractivity contribution in [3.8, 4) is 0 Å². The molecule has 2 aliphatic rings. The Morgan fingerprint density at radius 2 is 1.60 bits per heavy atom. The number of amides is 1. The number of carbonyl (C=O) groups is 1. The third-order valence-electron chi connectivity index (χ3n) is 6.29. The Balaban J connectivity index is 1.27. The first kappa shape index (κ1) is 19.7. The number of nitrogens with zero attached hydrogens (tertiary/aromatic N) is 5. The summed E-state index contributed by atoms with van der Waals surface area (Å²) in [6, 6.07) is 10.7. The van der Waals surface area contributed by atoms with E-state index in [1.54, 1.807) is 11.3 Å². The molecule has 0 unspecified atom stereocenters. The molecule has 0 bridgehead atoms. The van der Waals surface area contributed by atoms with Crippen molar-refractivity contribution in [1.29, 1.82) is 0 Å². The molecule has 4 heterocycles. The van der Waals surface area contributed by atoms with Crippen LogP contribution in [0.15, 0.2) is 41.9 Å². The van der Waals surface area contributed by atoms with Gasteiger partial charge in [0, 0.05) is 63.9 Å². The van der Waals surface area contributed by atoms with Crippen molar-refractivity contribution in [1.82, 2.24) is 24.1 Å². The highest BCUT2D eigenvalue weighted by atomic mass is 32.1.